The van der Waals surface area contributed by atoms with Crippen LogP contribution in [0.3, 0.4) is 0 Å². The summed E-state index contributed by atoms with van der Waals surface area (Å²) < 4.78 is 5.18. The molecule has 5 atom stereocenters. The lowest BCUT2D eigenvalue weighted by Gasteiger charge is -2.39. The van der Waals surface area contributed by atoms with Crippen LogP contribution in [0.15, 0.2) is 85.9 Å². The van der Waals surface area contributed by atoms with E-state index in [0.29, 0.717) is 31.0 Å². The first kappa shape index (κ1) is 42.4. The molecule has 1 rings (SSSR count). The summed E-state index contributed by atoms with van der Waals surface area (Å²) in [6, 6.07) is -0.798. The fraction of sp³-hybridized carbons (Fsp3) is 0.553. The van der Waals surface area contributed by atoms with Crippen LogP contribution in [0.2, 0.25) is 0 Å². The summed E-state index contributed by atoms with van der Waals surface area (Å²) in [6.07, 6.45) is 24.8. The zero-order chi connectivity index (χ0) is 35.7. The molecular formula is C38H62N6O3S. The topological polar surface area (TPSA) is 107 Å². The number of rotatable bonds is 19. The highest BCUT2D eigenvalue weighted by Gasteiger charge is 2.33. The predicted molar refractivity (Wildman–Crippen MR) is 205 cm³/mol. The molecule has 0 radical (unpaired) electrons. The van der Waals surface area contributed by atoms with Crippen molar-refractivity contribution in [1.29, 1.82) is 0 Å². The molecule has 0 spiro atoms. The third-order valence-electron chi connectivity index (χ3n) is 8.74. The third-order valence-corrected chi connectivity index (χ3v) is 9.09. The largest absolute Gasteiger partial charge is 0.501 e. The van der Waals surface area contributed by atoms with Crippen LogP contribution in [0.4, 0.5) is 0 Å². The number of ether oxygens (including phenoxy) is 1. The van der Waals surface area contributed by atoms with E-state index in [2.05, 4.69) is 64.5 Å². The summed E-state index contributed by atoms with van der Waals surface area (Å²) in [7, 11) is 7.22. The van der Waals surface area contributed by atoms with Gasteiger partial charge in [0.25, 0.3) is 0 Å². The second-order valence-corrected chi connectivity index (χ2v) is 12.6. The smallest absolute Gasteiger partial charge is 0.242 e. The highest BCUT2D eigenvalue weighted by molar-refractivity contribution is 7.80. The van der Waals surface area contributed by atoms with Gasteiger partial charge in [-0.25, -0.2) is 0 Å². The zero-order valence-electron chi connectivity index (χ0n) is 30.1. The van der Waals surface area contributed by atoms with E-state index in [-0.39, 0.29) is 35.7 Å². The average Bonchev–Trinajstić information content (AvgIpc) is 3.09. The molecule has 1 heterocycles. The number of methoxy groups -OCH3 is 1. The van der Waals surface area contributed by atoms with Gasteiger partial charge in [0.05, 0.1) is 18.9 Å². The lowest BCUT2D eigenvalue weighted by Crippen LogP contribution is -2.53. The Morgan fingerprint density at radius 2 is 1.83 bits per heavy atom. The number of amides is 2. The Kier molecular flexibility index (Phi) is 22.4. The lowest BCUT2D eigenvalue weighted by molar-refractivity contribution is -0.125. The molecule has 9 nitrogen and oxygen atoms in total. The van der Waals surface area contributed by atoms with Gasteiger partial charge in [-0.15, -0.1) is 6.58 Å². The quantitative estimate of drug-likeness (QED) is 0.0532. The van der Waals surface area contributed by atoms with Crippen LogP contribution in [0.5, 0.6) is 0 Å². The molecule has 268 valence electrons. The Bertz CT molecular complexity index is 1150. The van der Waals surface area contributed by atoms with E-state index in [0.717, 1.165) is 56.4 Å². The molecular weight excluding hydrogens is 621 g/mol. The molecule has 1 saturated heterocycles. The van der Waals surface area contributed by atoms with E-state index in [1.807, 2.05) is 56.3 Å². The Morgan fingerprint density at radius 3 is 2.50 bits per heavy atom. The second kappa shape index (κ2) is 25.4. The number of likely N-dealkylation sites (N-methyl/N-ethyl adjacent to an activating group) is 1. The number of carbonyl (C=O) groups is 2. The monoisotopic (exact) mass is 682 g/mol. The summed E-state index contributed by atoms with van der Waals surface area (Å²) in [5.74, 6) is 0.860. The molecule has 0 aromatic heterocycles. The Balaban J connectivity index is 3.10. The third kappa shape index (κ3) is 17.0. The molecule has 0 aliphatic carbocycles. The predicted octanol–water partition coefficient (Wildman–Crippen LogP) is 5.43. The van der Waals surface area contributed by atoms with Crippen molar-refractivity contribution in [3.8, 4) is 0 Å². The average molecular weight is 683 g/mol. The lowest BCUT2D eigenvalue weighted by atomic mass is 9.88. The van der Waals surface area contributed by atoms with Crippen molar-refractivity contribution in [3.63, 3.8) is 0 Å². The molecule has 5 N–H and O–H groups in total. The van der Waals surface area contributed by atoms with Crippen molar-refractivity contribution >= 4 is 29.1 Å². The number of hydrogen-bond donors (Lipinski definition) is 5. The van der Waals surface area contributed by atoms with E-state index in [1.54, 1.807) is 20.2 Å². The summed E-state index contributed by atoms with van der Waals surface area (Å²) in [5.41, 5.74) is 0.717. The van der Waals surface area contributed by atoms with E-state index >= 15 is 0 Å². The number of hydrogen-bond acceptors (Lipinski definition) is 6. The first-order valence-corrected chi connectivity index (χ1v) is 17.6. The van der Waals surface area contributed by atoms with E-state index in [1.165, 1.54) is 0 Å². The van der Waals surface area contributed by atoms with Crippen LogP contribution in [0.25, 0.3) is 0 Å². The van der Waals surface area contributed by atoms with E-state index < -0.39 is 6.04 Å². The maximum atomic E-state index is 13.6. The second-order valence-electron chi connectivity index (χ2n) is 12.2. The van der Waals surface area contributed by atoms with Crippen molar-refractivity contribution < 1.29 is 14.3 Å². The van der Waals surface area contributed by atoms with Gasteiger partial charge in [-0.05, 0) is 70.3 Å². The van der Waals surface area contributed by atoms with Gasteiger partial charge in [0.2, 0.25) is 11.8 Å². The molecule has 48 heavy (non-hydrogen) atoms. The van der Waals surface area contributed by atoms with Gasteiger partial charge in [0.15, 0.2) is 5.11 Å². The van der Waals surface area contributed by atoms with E-state index in [4.69, 9.17) is 17.0 Å². The van der Waals surface area contributed by atoms with Crippen molar-refractivity contribution in [2.24, 2.45) is 11.8 Å². The standard InChI is InChI=1S/C38H62N6O3S/c1-9-11-12-13-14-17-23-33(39-5)27-35(45)43-36-30(4)44(7)34(24-18-15-16-22-32(36)28-42-38(48)40-6)37(46)41-26-25-31(10-2)21-19-20-29(3)47-8/h9-12,14,17,19-21,31-34,36,39H,1-2,4,13,15-16,18,22-28H2,3,5-8H3,(H,41,46)(H,43,45)(H2,40,42,48)/b12-11?,17-14+,21-19?,29-20+. The molecule has 0 saturated carbocycles. The molecule has 1 aliphatic heterocycles. The highest BCUT2D eigenvalue weighted by atomic mass is 32.1. The number of nitrogens with zero attached hydrogens (tertiary/aromatic N) is 1. The number of allylic oxidation sites excluding steroid dienone is 9. The summed E-state index contributed by atoms with van der Waals surface area (Å²) in [4.78, 5) is 29.2. The molecule has 10 heteroatoms. The number of thiocarbonyl (C=S) groups is 1. The summed E-state index contributed by atoms with van der Waals surface area (Å²) >= 11 is 5.38. The van der Waals surface area contributed by atoms with E-state index in [9.17, 15) is 9.59 Å². The number of nitrogens with one attached hydrogen (secondary N) is 5. The minimum atomic E-state index is -0.405. The maximum absolute atomic E-state index is 13.6. The van der Waals surface area contributed by atoms with Crippen molar-refractivity contribution in [1.82, 2.24) is 31.5 Å². The van der Waals surface area contributed by atoms with Gasteiger partial charge in [0, 0.05) is 51.3 Å². The van der Waals surface area contributed by atoms with Crippen molar-refractivity contribution in [3.05, 3.63) is 85.9 Å². The van der Waals surface area contributed by atoms with Gasteiger partial charge in [-0.3, -0.25) is 9.59 Å². The van der Waals surface area contributed by atoms with Crippen LogP contribution in [0.1, 0.15) is 64.7 Å². The number of carbonyl (C=O) groups excluding carboxylic acids is 2. The van der Waals surface area contributed by atoms with Crippen LogP contribution in [0, 0.1) is 11.8 Å². The Morgan fingerprint density at radius 1 is 1.08 bits per heavy atom. The highest BCUT2D eigenvalue weighted by Crippen LogP contribution is 2.26. The van der Waals surface area contributed by atoms with Crippen molar-refractivity contribution in [2.45, 2.75) is 82.8 Å². The SMILES string of the molecule is C=CC=CC/C=C/CC(CC(=O)NC1C(=C)N(C)C(C(=O)NCCC(C=C)C=C/C=C(\C)OC)CCCCCC1CNC(=S)NC)NC. The molecule has 1 aliphatic rings. The molecule has 0 bridgehead atoms. The minimum Gasteiger partial charge on any atom is -0.501 e. The van der Waals surface area contributed by atoms with Gasteiger partial charge in [-0.2, -0.15) is 0 Å². The molecule has 5 unspecified atom stereocenters. The van der Waals surface area contributed by atoms with Gasteiger partial charge >= 0.3 is 0 Å². The van der Waals surface area contributed by atoms with Gasteiger partial charge in [0.1, 0.15) is 6.04 Å². The molecule has 0 aromatic carbocycles. The Hall–Kier alpha value is -3.63. The summed E-state index contributed by atoms with van der Waals surface area (Å²) in [5, 5.41) is 16.6. The van der Waals surface area contributed by atoms with Crippen LogP contribution < -0.4 is 26.6 Å². The van der Waals surface area contributed by atoms with Crippen molar-refractivity contribution in [2.75, 3.05) is 41.3 Å². The minimum absolute atomic E-state index is 0.0172. The molecule has 0 aromatic rings. The van der Waals surface area contributed by atoms with Gasteiger partial charge < -0.3 is 36.2 Å². The van der Waals surface area contributed by atoms with Crippen LogP contribution in [-0.2, 0) is 14.3 Å². The fourth-order valence-electron chi connectivity index (χ4n) is 5.56. The normalized spacial score (nSPS) is 20.7. The van der Waals surface area contributed by atoms with Gasteiger partial charge in [-0.1, -0.05) is 81.0 Å². The fourth-order valence-corrected chi connectivity index (χ4v) is 5.64. The molecule has 2 amide bonds. The first-order chi connectivity index (χ1) is 23.1. The van der Waals surface area contributed by atoms with Crippen LogP contribution >= 0.6 is 12.2 Å². The zero-order valence-corrected chi connectivity index (χ0v) is 30.9. The first-order valence-electron chi connectivity index (χ1n) is 17.2. The molecule has 1 fully saturated rings. The Labute approximate surface area is 296 Å². The van der Waals surface area contributed by atoms with Crippen LogP contribution in [-0.4, -0.2) is 81.3 Å². The maximum Gasteiger partial charge on any atom is 0.242 e. The summed E-state index contributed by atoms with van der Waals surface area (Å²) in [6.45, 7) is 15.1.